The Kier molecular flexibility index (Phi) is 9.07. The summed E-state index contributed by atoms with van der Waals surface area (Å²) in [6.45, 7) is 8.44. The van der Waals surface area contributed by atoms with Crippen molar-refractivity contribution < 1.29 is 23.5 Å². The van der Waals surface area contributed by atoms with Gasteiger partial charge in [0.2, 0.25) is 0 Å². The van der Waals surface area contributed by atoms with E-state index in [1.165, 1.54) is 12.1 Å². The number of amides is 1. The Labute approximate surface area is 244 Å². The van der Waals surface area contributed by atoms with Crippen LogP contribution in [0.5, 0.6) is 0 Å². The van der Waals surface area contributed by atoms with Crippen LogP contribution in [0.4, 0.5) is 15.0 Å². The molecular weight excluding hydrogens is 537 g/mol. The van der Waals surface area contributed by atoms with Gasteiger partial charge < -0.3 is 19.7 Å². The van der Waals surface area contributed by atoms with E-state index in [9.17, 15) is 24.5 Å². The molecule has 1 aliphatic rings. The number of nitrogens with one attached hydrogen (secondary N) is 1. The first kappa shape index (κ1) is 30.0. The van der Waals surface area contributed by atoms with E-state index in [1.807, 2.05) is 11.0 Å². The van der Waals surface area contributed by atoms with E-state index >= 15 is 0 Å². The van der Waals surface area contributed by atoms with E-state index in [4.69, 9.17) is 9.47 Å². The van der Waals surface area contributed by atoms with Gasteiger partial charge in [0.05, 0.1) is 17.7 Å². The predicted octanol–water partition coefficient (Wildman–Crippen LogP) is 5.97. The molecule has 3 aromatic rings. The molecule has 0 unspecified atom stereocenters. The standard InChI is InChI=1S/C32H32FN5O4/c1-5-41-30(39)21-8-6-20(7-9-21)26-19-36-29(25(18-35)28(26)22-10-11-23(17-34)27(33)16-22)38-14-12-24(13-15-38)37-31(40)42-32(2,3)4/h6-11,16,19,24H,5,12-15H2,1-4H3,(H,37,40). The van der Waals surface area contributed by atoms with Crippen molar-refractivity contribution in [2.75, 3.05) is 24.6 Å². The Balaban J connectivity index is 1.71. The summed E-state index contributed by atoms with van der Waals surface area (Å²) >= 11 is 0. The Hall–Kier alpha value is -4.96. The molecule has 1 fully saturated rings. The Morgan fingerprint density at radius 2 is 1.74 bits per heavy atom. The Morgan fingerprint density at radius 1 is 1.07 bits per heavy atom. The maximum Gasteiger partial charge on any atom is 0.407 e. The van der Waals surface area contributed by atoms with Gasteiger partial charge in [-0.05, 0) is 75.9 Å². The number of halogens is 1. The van der Waals surface area contributed by atoms with Crippen LogP contribution in [-0.2, 0) is 9.47 Å². The summed E-state index contributed by atoms with van der Waals surface area (Å²) in [5.41, 5.74) is 2.03. The minimum absolute atomic E-state index is 0.0917. The average Bonchev–Trinajstić information content (AvgIpc) is 2.96. The maximum absolute atomic E-state index is 14.8. The zero-order chi connectivity index (χ0) is 30.4. The molecule has 42 heavy (non-hydrogen) atoms. The van der Waals surface area contributed by atoms with Crippen molar-refractivity contribution in [1.82, 2.24) is 10.3 Å². The molecule has 1 N–H and O–H groups in total. The number of carbonyl (C=O) groups is 2. The topological polar surface area (TPSA) is 128 Å². The molecule has 0 bridgehead atoms. The van der Waals surface area contributed by atoms with E-state index in [1.54, 1.807) is 64.2 Å². The van der Waals surface area contributed by atoms with Gasteiger partial charge >= 0.3 is 12.1 Å². The second-order valence-electron chi connectivity index (χ2n) is 10.9. The maximum atomic E-state index is 14.8. The lowest BCUT2D eigenvalue weighted by Crippen LogP contribution is -2.46. The second-order valence-corrected chi connectivity index (χ2v) is 10.9. The quantitative estimate of drug-likeness (QED) is 0.360. The van der Waals surface area contributed by atoms with Crippen LogP contribution in [0.2, 0.25) is 0 Å². The van der Waals surface area contributed by atoms with Crippen LogP contribution in [-0.4, -0.2) is 48.4 Å². The number of nitriles is 2. The van der Waals surface area contributed by atoms with Gasteiger partial charge in [-0.15, -0.1) is 0 Å². The number of hydrogen-bond acceptors (Lipinski definition) is 8. The van der Waals surface area contributed by atoms with Crippen molar-refractivity contribution in [1.29, 1.82) is 10.5 Å². The summed E-state index contributed by atoms with van der Waals surface area (Å²) in [4.78, 5) is 31.0. The summed E-state index contributed by atoms with van der Waals surface area (Å²) in [5.74, 6) is -0.705. The van der Waals surface area contributed by atoms with Crippen molar-refractivity contribution >= 4 is 17.9 Å². The molecule has 0 atom stereocenters. The van der Waals surface area contributed by atoms with Crippen LogP contribution < -0.4 is 10.2 Å². The predicted molar refractivity (Wildman–Crippen MR) is 155 cm³/mol. The molecule has 0 aliphatic carbocycles. The third kappa shape index (κ3) is 6.84. The van der Waals surface area contributed by atoms with Gasteiger partial charge in [-0.1, -0.05) is 18.2 Å². The molecule has 1 amide bonds. The number of hydrogen-bond donors (Lipinski definition) is 1. The van der Waals surface area contributed by atoms with Crippen LogP contribution in [0.1, 0.15) is 62.0 Å². The molecule has 2 aromatic carbocycles. The van der Waals surface area contributed by atoms with Gasteiger partial charge in [0, 0.05) is 36.5 Å². The second kappa shape index (κ2) is 12.7. The highest BCUT2D eigenvalue weighted by atomic mass is 19.1. The number of esters is 1. The van der Waals surface area contributed by atoms with Gasteiger partial charge in [-0.25, -0.2) is 19.0 Å². The molecule has 1 aliphatic heterocycles. The van der Waals surface area contributed by atoms with Crippen LogP contribution in [0.25, 0.3) is 22.3 Å². The van der Waals surface area contributed by atoms with Gasteiger partial charge in [-0.2, -0.15) is 10.5 Å². The number of carbonyl (C=O) groups excluding carboxylic acids is 2. The fourth-order valence-electron chi connectivity index (χ4n) is 4.84. The van der Waals surface area contributed by atoms with E-state index < -0.39 is 23.5 Å². The van der Waals surface area contributed by atoms with Gasteiger partial charge in [0.25, 0.3) is 0 Å². The first-order valence-electron chi connectivity index (χ1n) is 13.7. The number of piperidine rings is 1. The van der Waals surface area contributed by atoms with Crippen LogP contribution in [0.15, 0.2) is 48.7 Å². The van der Waals surface area contributed by atoms with Crippen molar-refractivity contribution in [2.45, 2.75) is 52.2 Å². The first-order chi connectivity index (χ1) is 20.0. The zero-order valence-electron chi connectivity index (χ0n) is 24.0. The molecular formula is C32H32FN5O4. The van der Waals surface area contributed by atoms with Crippen molar-refractivity contribution in [3.8, 4) is 34.4 Å². The van der Waals surface area contributed by atoms with E-state index in [0.29, 0.717) is 59.6 Å². The van der Waals surface area contributed by atoms with E-state index in [0.717, 1.165) is 0 Å². The summed E-state index contributed by atoms with van der Waals surface area (Å²) in [6, 6.07) is 14.9. The van der Waals surface area contributed by atoms with Crippen LogP contribution >= 0.6 is 0 Å². The van der Waals surface area contributed by atoms with E-state index in [2.05, 4.69) is 16.4 Å². The molecule has 2 heterocycles. The third-order valence-corrected chi connectivity index (χ3v) is 6.77. The van der Waals surface area contributed by atoms with Crippen molar-refractivity contribution in [3.63, 3.8) is 0 Å². The smallest absolute Gasteiger partial charge is 0.407 e. The first-order valence-corrected chi connectivity index (χ1v) is 13.7. The minimum atomic E-state index is -0.699. The number of benzene rings is 2. The number of alkyl carbamates (subject to hydrolysis) is 1. The number of nitrogens with zero attached hydrogens (tertiary/aromatic N) is 4. The zero-order valence-corrected chi connectivity index (χ0v) is 24.0. The number of aromatic nitrogens is 1. The normalized spacial score (nSPS) is 13.5. The number of ether oxygens (including phenoxy) is 2. The molecule has 0 saturated carbocycles. The van der Waals surface area contributed by atoms with Gasteiger partial charge in [0.1, 0.15) is 34.9 Å². The van der Waals surface area contributed by atoms with Crippen molar-refractivity contribution in [3.05, 3.63) is 71.2 Å². The fraction of sp³-hybridized carbons (Fsp3) is 0.344. The fourth-order valence-corrected chi connectivity index (χ4v) is 4.84. The van der Waals surface area contributed by atoms with Crippen LogP contribution in [0.3, 0.4) is 0 Å². The molecule has 10 heteroatoms. The molecule has 9 nitrogen and oxygen atoms in total. The van der Waals surface area contributed by atoms with E-state index in [-0.39, 0.29) is 23.8 Å². The summed E-state index contributed by atoms with van der Waals surface area (Å²) in [7, 11) is 0. The highest BCUT2D eigenvalue weighted by Crippen LogP contribution is 2.39. The molecule has 1 aromatic heterocycles. The summed E-state index contributed by atoms with van der Waals surface area (Å²) in [5, 5.41) is 22.5. The largest absolute Gasteiger partial charge is 0.462 e. The van der Waals surface area contributed by atoms with Gasteiger partial charge in [-0.3, -0.25) is 0 Å². The summed E-state index contributed by atoms with van der Waals surface area (Å²) < 4.78 is 25.2. The minimum Gasteiger partial charge on any atom is -0.462 e. The Morgan fingerprint density at radius 3 is 2.31 bits per heavy atom. The van der Waals surface area contributed by atoms with Crippen molar-refractivity contribution in [2.24, 2.45) is 0 Å². The molecule has 4 rings (SSSR count). The lowest BCUT2D eigenvalue weighted by atomic mass is 9.91. The highest BCUT2D eigenvalue weighted by Gasteiger charge is 2.28. The average molecular weight is 570 g/mol. The molecule has 0 spiro atoms. The molecule has 216 valence electrons. The lowest BCUT2D eigenvalue weighted by molar-refractivity contribution is 0.0493. The van der Waals surface area contributed by atoms with Gasteiger partial charge in [0.15, 0.2) is 0 Å². The Bertz CT molecular complexity index is 1560. The highest BCUT2D eigenvalue weighted by molar-refractivity contribution is 5.93. The molecule has 0 radical (unpaired) electrons. The number of rotatable bonds is 6. The number of pyridine rings is 1. The molecule has 1 saturated heterocycles. The number of anilines is 1. The summed E-state index contributed by atoms with van der Waals surface area (Å²) in [6.07, 6.45) is 2.39. The third-order valence-electron chi connectivity index (χ3n) is 6.77. The lowest BCUT2D eigenvalue weighted by Gasteiger charge is -2.34. The SMILES string of the molecule is CCOC(=O)c1ccc(-c2cnc(N3CCC(NC(=O)OC(C)(C)C)CC3)c(C#N)c2-c2ccc(C#N)c(F)c2)cc1. The van der Waals surface area contributed by atoms with Crippen LogP contribution in [0, 0.1) is 28.5 Å². The monoisotopic (exact) mass is 569 g/mol.